The van der Waals surface area contributed by atoms with Gasteiger partial charge in [0.2, 0.25) is 10.0 Å². The van der Waals surface area contributed by atoms with Gasteiger partial charge in [-0.25, -0.2) is 13.4 Å². The average molecular weight is 512 g/mol. The lowest BCUT2D eigenvalue weighted by atomic mass is 10.1. The highest BCUT2D eigenvalue weighted by Crippen LogP contribution is 2.29. The predicted molar refractivity (Wildman–Crippen MR) is 145 cm³/mol. The molecule has 0 spiro atoms. The minimum atomic E-state index is -3.82. The number of para-hydroxylation sites is 2. The van der Waals surface area contributed by atoms with Crippen LogP contribution in [-0.4, -0.2) is 27.7 Å². The van der Waals surface area contributed by atoms with Crippen LogP contribution >= 0.6 is 0 Å². The Labute approximate surface area is 217 Å². The third-order valence-electron chi connectivity index (χ3n) is 6.35. The zero-order valence-electron chi connectivity index (χ0n) is 20.6. The lowest BCUT2D eigenvalue weighted by Gasteiger charge is -2.28. The van der Waals surface area contributed by atoms with Crippen LogP contribution in [-0.2, 0) is 29.7 Å². The summed E-state index contributed by atoms with van der Waals surface area (Å²) >= 11 is 0. The van der Waals surface area contributed by atoms with Gasteiger partial charge in [-0.2, -0.15) is 4.31 Å². The third-order valence-corrected chi connectivity index (χ3v) is 8.28. The summed E-state index contributed by atoms with van der Waals surface area (Å²) in [6.45, 7) is 3.28. The molecule has 7 nitrogen and oxygen atoms in total. The molecule has 5 aromatic rings. The van der Waals surface area contributed by atoms with Gasteiger partial charge in [0.15, 0.2) is 0 Å². The number of imidazole rings is 1. The molecule has 0 unspecified atom stereocenters. The summed E-state index contributed by atoms with van der Waals surface area (Å²) in [7, 11) is -3.82. The molecule has 0 bridgehead atoms. The van der Waals surface area contributed by atoms with Crippen molar-refractivity contribution in [2.24, 2.45) is 0 Å². The molecule has 2 N–H and O–H groups in total. The fraction of sp³-hybridized carbons (Fsp3) is 0.172. The number of nitrogens with zero attached hydrogens (tertiary/aromatic N) is 3. The van der Waals surface area contributed by atoms with Crippen LogP contribution in [0.25, 0.3) is 11.0 Å². The SMILES string of the molecule is C[C@@H](c1ccccc1)N(Cc1nc2ccccc2[nH]1)S(=O)(=O)c1ccc(CNCc2ccccn2)cc1. The molecule has 0 saturated heterocycles. The summed E-state index contributed by atoms with van der Waals surface area (Å²) in [6, 6.07) is 29.8. The average Bonchev–Trinajstić information content (AvgIpc) is 3.35. The topological polar surface area (TPSA) is 91.0 Å². The fourth-order valence-electron chi connectivity index (χ4n) is 4.31. The van der Waals surface area contributed by atoms with Crippen molar-refractivity contribution in [3.05, 3.63) is 126 Å². The normalized spacial score (nSPS) is 12.7. The van der Waals surface area contributed by atoms with Crippen molar-refractivity contribution in [1.82, 2.24) is 24.6 Å². The monoisotopic (exact) mass is 511 g/mol. The molecular weight excluding hydrogens is 482 g/mol. The standard InChI is InChI=1S/C29H29N5O2S/c1-22(24-9-3-2-4-10-24)34(21-29-32-27-12-5-6-13-28(27)33-29)37(35,36)26-16-14-23(15-17-26)19-30-20-25-11-7-8-18-31-25/h2-18,22,30H,19-21H2,1H3,(H,32,33)/t22-/m0/s1. The second-order valence-electron chi connectivity index (χ2n) is 8.91. The second kappa shape index (κ2) is 11.0. The molecule has 37 heavy (non-hydrogen) atoms. The molecule has 8 heteroatoms. The Morgan fingerprint density at radius 3 is 2.32 bits per heavy atom. The molecule has 2 heterocycles. The molecule has 0 radical (unpaired) electrons. The largest absolute Gasteiger partial charge is 0.341 e. The molecule has 0 aliphatic rings. The van der Waals surface area contributed by atoms with E-state index in [2.05, 4.69) is 20.3 Å². The Kier molecular flexibility index (Phi) is 7.41. The van der Waals surface area contributed by atoms with Crippen molar-refractivity contribution in [3.63, 3.8) is 0 Å². The second-order valence-corrected chi connectivity index (χ2v) is 10.8. The highest BCUT2D eigenvalue weighted by molar-refractivity contribution is 7.89. The van der Waals surface area contributed by atoms with Gasteiger partial charge < -0.3 is 10.3 Å². The minimum Gasteiger partial charge on any atom is -0.341 e. The Bertz CT molecular complexity index is 1520. The molecule has 3 aromatic carbocycles. The first-order valence-corrected chi connectivity index (χ1v) is 13.6. The number of hydrogen-bond donors (Lipinski definition) is 2. The van der Waals surface area contributed by atoms with Crippen LogP contribution in [0.1, 0.15) is 35.6 Å². The van der Waals surface area contributed by atoms with Crippen LogP contribution in [0.5, 0.6) is 0 Å². The Hall–Kier alpha value is -3.85. The Balaban J connectivity index is 1.38. The number of fused-ring (bicyclic) bond motifs is 1. The maximum Gasteiger partial charge on any atom is 0.244 e. The van der Waals surface area contributed by atoms with E-state index in [1.807, 2.05) is 91.9 Å². The zero-order chi connectivity index (χ0) is 25.7. The lowest BCUT2D eigenvalue weighted by Crippen LogP contribution is -2.33. The van der Waals surface area contributed by atoms with Crippen molar-refractivity contribution < 1.29 is 8.42 Å². The smallest absolute Gasteiger partial charge is 0.244 e. The highest BCUT2D eigenvalue weighted by atomic mass is 32.2. The van der Waals surface area contributed by atoms with Gasteiger partial charge >= 0.3 is 0 Å². The summed E-state index contributed by atoms with van der Waals surface area (Å²) in [5.41, 5.74) is 4.56. The van der Waals surface area contributed by atoms with Crippen LogP contribution < -0.4 is 5.32 Å². The quantitative estimate of drug-likeness (QED) is 0.269. The first-order chi connectivity index (χ1) is 18.0. The number of nitrogens with one attached hydrogen (secondary N) is 2. The zero-order valence-corrected chi connectivity index (χ0v) is 21.4. The maximum absolute atomic E-state index is 13.9. The number of aromatic nitrogens is 3. The van der Waals surface area contributed by atoms with Gasteiger partial charge in [0.05, 0.1) is 28.2 Å². The summed E-state index contributed by atoms with van der Waals surface area (Å²) in [5.74, 6) is 0.600. The van der Waals surface area contributed by atoms with Crippen molar-refractivity contribution in [2.75, 3.05) is 0 Å². The predicted octanol–water partition coefficient (Wildman–Crippen LogP) is 5.20. The molecule has 0 amide bonds. The number of H-pyrrole nitrogens is 1. The molecule has 2 aromatic heterocycles. The molecular formula is C29H29N5O2S. The van der Waals surface area contributed by atoms with Gasteiger partial charge in [-0.3, -0.25) is 4.98 Å². The van der Waals surface area contributed by atoms with Crippen molar-refractivity contribution in [3.8, 4) is 0 Å². The first kappa shape index (κ1) is 24.8. The van der Waals surface area contributed by atoms with Gasteiger partial charge in [0, 0.05) is 25.3 Å². The Morgan fingerprint density at radius 2 is 1.59 bits per heavy atom. The van der Waals surface area contributed by atoms with Gasteiger partial charge in [-0.05, 0) is 54.4 Å². The van der Waals surface area contributed by atoms with E-state index in [0.717, 1.165) is 27.9 Å². The third kappa shape index (κ3) is 5.77. The number of sulfonamides is 1. The van der Waals surface area contributed by atoms with E-state index in [1.54, 1.807) is 18.3 Å². The minimum absolute atomic E-state index is 0.125. The molecule has 5 rings (SSSR count). The first-order valence-electron chi connectivity index (χ1n) is 12.2. The van der Waals surface area contributed by atoms with Crippen LogP contribution in [0, 0.1) is 0 Å². The van der Waals surface area contributed by atoms with E-state index >= 15 is 0 Å². The van der Waals surface area contributed by atoms with E-state index in [-0.39, 0.29) is 17.5 Å². The fourth-order valence-corrected chi connectivity index (χ4v) is 5.89. The van der Waals surface area contributed by atoms with Crippen molar-refractivity contribution in [1.29, 1.82) is 0 Å². The number of rotatable bonds is 10. The molecule has 0 fully saturated rings. The maximum atomic E-state index is 13.9. The Morgan fingerprint density at radius 1 is 0.865 bits per heavy atom. The summed E-state index contributed by atoms with van der Waals surface area (Å²) in [6.07, 6.45) is 1.77. The highest BCUT2D eigenvalue weighted by Gasteiger charge is 2.31. The summed E-state index contributed by atoms with van der Waals surface area (Å²) in [5, 5.41) is 3.35. The number of pyridine rings is 1. The number of hydrogen-bond acceptors (Lipinski definition) is 5. The van der Waals surface area contributed by atoms with Crippen LogP contribution in [0.4, 0.5) is 0 Å². The van der Waals surface area contributed by atoms with E-state index in [4.69, 9.17) is 0 Å². The van der Waals surface area contributed by atoms with Crippen molar-refractivity contribution in [2.45, 2.75) is 37.5 Å². The van der Waals surface area contributed by atoms with Gasteiger partial charge in [-0.1, -0.05) is 60.7 Å². The number of aromatic amines is 1. The van der Waals surface area contributed by atoms with Crippen LogP contribution in [0.2, 0.25) is 0 Å². The molecule has 0 saturated carbocycles. The van der Waals surface area contributed by atoms with Gasteiger partial charge in [0.25, 0.3) is 0 Å². The molecule has 188 valence electrons. The van der Waals surface area contributed by atoms with E-state index in [0.29, 0.717) is 18.9 Å². The molecule has 0 aliphatic carbocycles. The number of benzene rings is 3. The lowest BCUT2D eigenvalue weighted by molar-refractivity contribution is 0.330. The molecule has 1 atom stereocenters. The van der Waals surface area contributed by atoms with Gasteiger partial charge in [-0.15, -0.1) is 0 Å². The summed E-state index contributed by atoms with van der Waals surface area (Å²) in [4.78, 5) is 12.5. The van der Waals surface area contributed by atoms with Crippen molar-refractivity contribution >= 4 is 21.1 Å². The van der Waals surface area contributed by atoms with Crippen LogP contribution in [0.3, 0.4) is 0 Å². The van der Waals surface area contributed by atoms with E-state index in [1.165, 1.54) is 4.31 Å². The van der Waals surface area contributed by atoms with E-state index in [9.17, 15) is 8.42 Å². The van der Waals surface area contributed by atoms with Crippen LogP contribution in [0.15, 0.2) is 108 Å². The summed E-state index contributed by atoms with van der Waals surface area (Å²) < 4.78 is 29.4. The van der Waals surface area contributed by atoms with Gasteiger partial charge in [0.1, 0.15) is 5.82 Å². The van der Waals surface area contributed by atoms with E-state index < -0.39 is 10.0 Å². The molecule has 0 aliphatic heterocycles.